The number of ether oxygens (including phenoxy) is 2. The molecule has 3 rings (SSSR count). The number of nitrogens with zero attached hydrogens (tertiary/aromatic N) is 3. The molecule has 110 valence electrons. The molecule has 2 aromatic rings. The van der Waals surface area contributed by atoms with Crippen LogP contribution in [0.5, 0.6) is 5.75 Å². The van der Waals surface area contributed by atoms with Crippen molar-refractivity contribution in [3.05, 3.63) is 34.2 Å². The zero-order chi connectivity index (χ0) is 14.8. The Morgan fingerprint density at radius 1 is 1.48 bits per heavy atom. The second kappa shape index (κ2) is 5.49. The van der Waals surface area contributed by atoms with Gasteiger partial charge in [0.2, 0.25) is 5.82 Å². The van der Waals surface area contributed by atoms with E-state index in [0.717, 1.165) is 12.8 Å². The minimum absolute atomic E-state index is 0.0609. The zero-order valence-electron chi connectivity index (χ0n) is 11.3. The molecule has 0 spiro atoms. The van der Waals surface area contributed by atoms with Gasteiger partial charge in [0.1, 0.15) is 11.9 Å². The molecule has 0 bridgehead atoms. The van der Waals surface area contributed by atoms with Crippen LogP contribution in [0.3, 0.4) is 0 Å². The minimum atomic E-state index is -0.482. The lowest BCUT2D eigenvalue weighted by Crippen LogP contribution is -1.96. The Bertz CT molecular complexity index is 664. The predicted molar refractivity (Wildman–Crippen MR) is 70.9 cm³/mol. The Hall–Kier alpha value is -2.48. The first-order valence-corrected chi connectivity index (χ1v) is 6.47. The van der Waals surface area contributed by atoms with Gasteiger partial charge in [-0.1, -0.05) is 5.16 Å². The van der Waals surface area contributed by atoms with Crippen molar-refractivity contribution in [3.8, 4) is 17.1 Å². The van der Waals surface area contributed by atoms with E-state index >= 15 is 0 Å². The largest absolute Gasteiger partial charge is 0.496 e. The monoisotopic (exact) mass is 291 g/mol. The van der Waals surface area contributed by atoms with Gasteiger partial charge in [0.25, 0.3) is 11.6 Å². The predicted octanol–water partition coefficient (Wildman–Crippen LogP) is 2.50. The fourth-order valence-corrected chi connectivity index (χ4v) is 2.23. The minimum Gasteiger partial charge on any atom is -0.496 e. The molecule has 0 amide bonds. The SMILES string of the molecule is COc1ccc([N+](=O)[O-])cc1-c1noc(C2CCCO2)n1. The highest BCUT2D eigenvalue weighted by Crippen LogP contribution is 2.34. The third-order valence-electron chi connectivity index (χ3n) is 3.28. The number of hydrogen-bond acceptors (Lipinski definition) is 7. The number of methoxy groups -OCH3 is 1. The average Bonchev–Trinajstić information content (AvgIpc) is 3.17. The summed E-state index contributed by atoms with van der Waals surface area (Å²) in [6.07, 6.45) is 1.58. The van der Waals surface area contributed by atoms with Crippen molar-refractivity contribution >= 4 is 5.69 Å². The number of hydrogen-bond donors (Lipinski definition) is 0. The van der Waals surface area contributed by atoms with Gasteiger partial charge < -0.3 is 14.0 Å². The lowest BCUT2D eigenvalue weighted by atomic mass is 10.1. The highest BCUT2D eigenvalue weighted by Gasteiger charge is 2.25. The Morgan fingerprint density at radius 2 is 2.33 bits per heavy atom. The van der Waals surface area contributed by atoms with E-state index in [9.17, 15) is 10.1 Å². The topological polar surface area (TPSA) is 101 Å². The summed E-state index contributed by atoms with van der Waals surface area (Å²) in [7, 11) is 1.48. The normalized spacial score (nSPS) is 17.9. The molecule has 1 aliphatic heterocycles. The molecular formula is C13H13N3O5. The van der Waals surface area contributed by atoms with Crippen molar-refractivity contribution in [1.82, 2.24) is 10.1 Å². The molecule has 0 aliphatic carbocycles. The van der Waals surface area contributed by atoms with Crippen LogP contribution in [0.1, 0.15) is 24.8 Å². The molecule has 0 radical (unpaired) electrons. The van der Waals surface area contributed by atoms with Crippen molar-refractivity contribution in [2.45, 2.75) is 18.9 Å². The van der Waals surface area contributed by atoms with Gasteiger partial charge in [0.05, 0.1) is 17.6 Å². The van der Waals surface area contributed by atoms with Crippen LogP contribution in [0.2, 0.25) is 0 Å². The lowest BCUT2D eigenvalue weighted by Gasteiger charge is -2.04. The molecule has 1 fully saturated rings. The molecule has 0 N–H and O–H groups in total. The standard InChI is InChI=1S/C13H13N3O5/c1-19-10-5-4-8(16(17)18)7-9(10)12-14-13(21-15-12)11-3-2-6-20-11/h4-5,7,11H,2-3,6H2,1H3. The van der Waals surface area contributed by atoms with Crippen LogP contribution in [-0.2, 0) is 4.74 Å². The molecule has 2 heterocycles. The average molecular weight is 291 g/mol. The van der Waals surface area contributed by atoms with E-state index in [1.807, 2.05) is 0 Å². The van der Waals surface area contributed by atoms with Crippen molar-refractivity contribution in [2.24, 2.45) is 0 Å². The van der Waals surface area contributed by atoms with Crippen LogP contribution >= 0.6 is 0 Å². The second-order valence-electron chi connectivity index (χ2n) is 4.60. The fraction of sp³-hybridized carbons (Fsp3) is 0.385. The van der Waals surface area contributed by atoms with Gasteiger partial charge in [0.15, 0.2) is 0 Å². The number of non-ortho nitro benzene ring substituents is 1. The Labute approximate surface area is 119 Å². The van der Waals surface area contributed by atoms with Crippen molar-refractivity contribution in [2.75, 3.05) is 13.7 Å². The van der Waals surface area contributed by atoms with Gasteiger partial charge in [-0.3, -0.25) is 10.1 Å². The molecule has 1 aromatic carbocycles. The smallest absolute Gasteiger partial charge is 0.270 e. The molecule has 21 heavy (non-hydrogen) atoms. The van der Waals surface area contributed by atoms with E-state index < -0.39 is 4.92 Å². The number of aromatic nitrogens is 2. The highest BCUT2D eigenvalue weighted by atomic mass is 16.6. The van der Waals surface area contributed by atoms with Gasteiger partial charge in [-0.15, -0.1) is 0 Å². The molecule has 1 atom stereocenters. The Morgan fingerprint density at radius 3 is 3.00 bits per heavy atom. The van der Waals surface area contributed by atoms with E-state index in [1.165, 1.54) is 25.3 Å². The summed E-state index contributed by atoms with van der Waals surface area (Å²) in [4.78, 5) is 14.7. The van der Waals surface area contributed by atoms with Crippen LogP contribution < -0.4 is 4.74 Å². The third-order valence-corrected chi connectivity index (χ3v) is 3.28. The van der Waals surface area contributed by atoms with Crippen molar-refractivity contribution in [1.29, 1.82) is 0 Å². The third kappa shape index (κ3) is 2.57. The summed E-state index contributed by atoms with van der Waals surface area (Å²) in [6.45, 7) is 0.669. The molecular weight excluding hydrogens is 278 g/mol. The summed E-state index contributed by atoms with van der Waals surface area (Å²) in [5.41, 5.74) is 0.356. The van der Waals surface area contributed by atoms with Gasteiger partial charge in [0, 0.05) is 18.7 Å². The summed E-state index contributed by atoms with van der Waals surface area (Å²) in [5.74, 6) is 1.08. The van der Waals surface area contributed by atoms with Gasteiger partial charge >= 0.3 is 0 Å². The zero-order valence-corrected chi connectivity index (χ0v) is 11.3. The number of rotatable bonds is 4. The summed E-state index contributed by atoms with van der Waals surface area (Å²) in [5, 5.41) is 14.8. The second-order valence-corrected chi connectivity index (χ2v) is 4.60. The maximum absolute atomic E-state index is 10.9. The van der Waals surface area contributed by atoms with E-state index in [0.29, 0.717) is 23.8 Å². The number of nitro benzene ring substituents is 1. The Balaban J connectivity index is 1.98. The molecule has 8 heteroatoms. The van der Waals surface area contributed by atoms with E-state index in [4.69, 9.17) is 14.0 Å². The van der Waals surface area contributed by atoms with Gasteiger partial charge in [-0.2, -0.15) is 4.98 Å². The molecule has 8 nitrogen and oxygen atoms in total. The highest BCUT2D eigenvalue weighted by molar-refractivity contribution is 5.67. The van der Waals surface area contributed by atoms with Crippen LogP contribution in [0.4, 0.5) is 5.69 Å². The lowest BCUT2D eigenvalue weighted by molar-refractivity contribution is -0.384. The summed E-state index contributed by atoms with van der Waals surface area (Å²) >= 11 is 0. The molecule has 1 aliphatic rings. The van der Waals surface area contributed by atoms with Crippen molar-refractivity contribution in [3.63, 3.8) is 0 Å². The molecule has 1 aromatic heterocycles. The quantitative estimate of drug-likeness (QED) is 0.630. The van der Waals surface area contributed by atoms with Gasteiger partial charge in [-0.05, 0) is 18.9 Å². The first-order valence-electron chi connectivity index (χ1n) is 6.47. The van der Waals surface area contributed by atoms with E-state index in [2.05, 4.69) is 10.1 Å². The molecule has 1 unspecified atom stereocenters. The first kappa shape index (κ1) is 13.5. The molecule has 0 saturated carbocycles. The summed E-state index contributed by atoms with van der Waals surface area (Å²) in [6, 6.07) is 4.24. The maximum atomic E-state index is 10.9. The first-order chi connectivity index (χ1) is 10.2. The van der Waals surface area contributed by atoms with Crippen LogP contribution in [-0.4, -0.2) is 28.8 Å². The van der Waals surface area contributed by atoms with Crippen LogP contribution in [0.25, 0.3) is 11.4 Å². The number of benzene rings is 1. The number of nitro groups is 1. The van der Waals surface area contributed by atoms with E-state index in [1.54, 1.807) is 0 Å². The molecule has 1 saturated heterocycles. The van der Waals surface area contributed by atoms with Crippen LogP contribution in [0.15, 0.2) is 22.7 Å². The van der Waals surface area contributed by atoms with Gasteiger partial charge in [-0.25, -0.2) is 0 Å². The summed E-state index contributed by atoms with van der Waals surface area (Å²) < 4.78 is 15.9. The van der Waals surface area contributed by atoms with Crippen LogP contribution in [0, 0.1) is 10.1 Å². The fourth-order valence-electron chi connectivity index (χ4n) is 2.23. The van der Waals surface area contributed by atoms with Crippen molar-refractivity contribution < 1.29 is 18.9 Å². The Kier molecular flexibility index (Phi) is 3.53. The van der Waals surface area contributed by atoms with E-state index in [-0.39, 0.29) is 17.6 Å². The maximum Gasteiger partial charge on any atom is 0.270 e.